The minimum absolute atomic E-state index is 0.466. The van der Waals surface area contributed by atoms with Crippen molar-refractivity contribution in [3.05, 3.63) is 154 Å². The second-order valence-electron chi connectivity index (χ2n) is 17.1. The molecule has 1 saturated carbocycles. The van der Waals surface area contributed by atoms with Crippen molar-refractivity contribution in [1.82, 2.24) is 5.32 Å². The zero-order chi connectivity index (χ0) is 38.4. The summed E-state index contributed by atoms with van der Waals surface area (Å²) in [6.45, 7) is 12.5. The summed E-state index contributed by atoms with van der Waals surface area (Å²) in [5.41, 5.74) is 10.7. The highest BCUT2D eigenvalue weighted by Gasteiger charge is 2.32. The second kappa shape index (κ2) is 21.0. The van der Waals surface area contributed by atoms with Crippen LogP contribution in [0.1, 0.15) is 136 Å². The summed E-state index contributed by atoms with van der Waals surface area (Å²) in [7, 11) is 0. The number of hydrogen-bond acceptors (Lipinski definition) is 1. The smallest absolute Gasteiger partial charge is 0.0284 e. The van der Waals surface area contributed by atoms with E-state index in [9.17, 15) is 0 Å². The zero-order valence-corrected chi connectivity index (χ0v) is 35.0. The Hall–Kier alpha value is -3.68. The molecule has 292 valence electrons. The molecular formula is C54H71N. The van der Waals surface area contributed by atoms with Gasteiger partial charge in [0.05, 0.1) is 0 Å². The number of benzene rings is 2. The molecule has 1 N–H and O–H groups in total. The lowest BCUT2D eigenvalue weighted by Gasteiger charge is -2.39. The van der Waals surface area contributed by atoms with Gasteiger partial charge in [-0.05, 0) is 140 Å². The molecule has 0 heterocycles. The minimum Gasteiger partial charge on any atom is -0.306 e. The number of hydrogen-bond donors (Lipinski definition) is 1. The van der Waals surface area contributed by atoms with Gasteiger partial charge < -0.3 is 5.32 Å². The number of rotatable bonds is 15. The fourth-order valence-electron chi connectivity index (χ4n) is 10.2. The molecule has 6 atom stereocenters. The average molecular weight is 734 g/mol. The van der Waals surface area contributed by atoms with Gasteiger partial charge in [0, 0.05) is 18.5 Å². The van der Waals surface area contributed by atoms with E-state index in [4.69, 9.17) is 0 Å². The molecule has 4 aliphatic rings. The Morgan fingerprint density at radius 3 is 2.38 bits per heavy atom. The summed E-state index contributed by atoms with van der Waals surface area (Å²) in [4.78, 5) is 0. The highest BCUT2D eigenvalue weighted by Crippen LogP contribution is 2.40. The molecule has 2 aromatic rings. The van der Waals surface area contributed by atoms with E-state index in [1.54, 1.807) is 16.7 Å². The molecule has 6 rings (SSSR count). The van der Waals surface area contributed by atoms with Gasteiger partial charge in [0.1, 0.15) is 0 Å². The van der Waals surface area contributed by atoms with E-state index >= 15 is 0 Å². The van der Waals surface area contributed by atoms with Crippen LogP contribution in [0.25, 0.3) is 11.1 Å². The fraction of sp³-hybridized carbons (Fsp3) is 0.481. The lowest BCUT2D eigenvalue weighted by Crippen LogP contribution is -2.43. The number of nitrogens with one attached hydrogen (secondary N) is 1. The van der Waals surface area contributed by atoms with Gasteiger partial charge in [-0.15, -0.1) is 0 Å². The Labute approximate surface area is 335 Å². The van der Waals surface area contributed by atoms with Crippen molar-refractivity contribution in [3.8, 4) is 0 Å². The van der Waals surface area contributed by atoms with Crippen molar-refractivity contribution in [3.63, 3.8) is 0 Å². The first-order valence-corrected chi connectivity index (χ1v) is 22.3. The van der Waals surface area contributed by atoms with Crippen LogP contribution in [0.15, 0.2) is 138 Å². The van der Waals surface area contributed by atoms with E-state index in [1.807, 2.05) is 0 Å². The first-order valence-electron chi connectivity index (χ1n) is 22.3. The van der Waals surface area contributed by atoms with Crippen LogP contribution in [-0.4, -0.2) is 12.6 Å². The molecule has 0 saturated heterocycles. The summed E-state index contributed by atoms with van der Waals surface area (Å²) >= 11 is 0. The molecule has 0 aromatic heterocycles. The van der Waals surface area contributed by atoms with Crippen LogP contribution in [0.4, 0.5) is 0 Å². The Bertz CT molecular complexity index is 1890. The highest BCUT2D eigenvalue weighted by molar-refractivity contribution is 5.70. The predicted molar refractivity (Wildman–Crippen MR) is 240 cm³/mol. The summed E-state index contributed by atoms with van der Waals surface area (Å²) in [5.74, 6) is 3.31. The number of fused-ring (bicyclic) bond motifs is 1. The van der Waals surface area contributed by atoms with Gasteiger partial charge in [-0.3, -0.25) is 0 Å². The Balaban J connectivity index is 1.36. The SMILES string of the molecule is C/C=C\C=C(/CCC)[C@H](C)C/C=C(CCC)/C(CNC1C=CCC2CCCCC21)=c1\cccc\c1=C(\C)C1=CC=C(C2CC=CC(c3ccccc3)C2)CC1. The first-order chi connectivity index (χ1) is 27.0. The van der Waals surface area contributed by atoms with Crippen LogP contribution in [0.3, 0.4) is 0 Å². The molecule has 0 aliphatic heterocycles. The molecule has 55 heavy (non-hydrogen) atoms. The molecule has 4 aliphatic carbocycles. The summed E-state index contributed by atoms with van der Waals surface area (Å²) in [5, 5.41) is 7.04. The molecule has 1 heteroatoms. The largest absolute Gasteiger partial charge is 0.306 e. The molecule has 0 bridgehead atoms. The van der Waals surface area contributed by atoms with Gasteiger partial charge in [0.2, 0.25) is 0 Å². The predicted octanol–water partition coefficient (Wildman–Crippen LogP) is 13.2. The van der Waals surface area contributed by atoms with E-state index in [2.05, 4.69) is 155 Å². The van der Waals surface area contributed by atoms with E-state index in [0.29, 0.717) is 23.8 Å². The first kappa shape index (κ1) is 41.0. The third-order valence-electron chi connectivity index (χ3n) is 13.4. The van der Waals surface area contributed by atoms with Crippen molar-refractivity contribution < 1.29 is 0 Å². The maximum absolute atomic E-state index is 4.20. The van der Waals surface area contributed by atoms with Gasteiger partial charge in [-0.1, -0.05) is 173 Å². The van der Waals surface area contributed by atoms with Gasteiger partial charge in [-0.25, -0.2) is 0 Å². The van der Waals surface area contributed by atoms with Crippen molar-refractivity contribution in [2.75, 3.05) is 6.54 Å². The molecule has 5 unspecified atom stereocenters. The third kappa shape index (κ3) is 10.8. The molecule has 1 fully saturated rings. The third-order valence-corrected chi connectivity index (χ3v) is 13.4. The monoisotopic (exact) mass is 734 g/mol. The molecule has 1 nitrogen and oxygen atoms in total. The quantitative estimate of drug-likeness (QED) is 0.142. The van der Waals surface area contributed by atoms with E-state index in [1.165, 1.54) is 96.9 Å². The second-order valence-corrected chi connectivity index (χ2v) is 17.1. The molecule has 0 spiro atoms. The van der Waals surface area contributed by atoms with Crippen molar-refractivity contribution in [2.24, 2.45) is 23.7 Å². The van der Waals surface area contributed by atoms with Crippen molar-refractivity contribution in [2.45, 2.75) is 136 Å². The molecular weight excluding hydrogens is 663 g/mol. The van der Waals surface area contributed by atoms with Gasteiger partial charge in [-0.2, -0.15) is 0 Å². The van der Waals surface area contributed by atoms with Crippen LogP contribution in [0.5, 0.6) is 0 Å². The lowest BCUT2D eigenvalue weighted by atomic mass is 9.71. The summed E-state index contributed by atoms with van der Waals surface area (Å²) < 4.78 is 0. The molecule has 2 aromatic carbocycles. The summed E-state index contributed by atoms with van der Waals surface area (Å²) in [6.07, 6.45) is 41.5. The van der Waals surface area contributed by atoms with Crippen LogP contribution in [0.2, 0.25) is 0 Å². The molecule has 0 radical (unpaired) electrons. The van der Waals surface area contributed by atoms with Crippen LogP contribution >= 0.6 is 0 Å². The van der Waals surface area contributed by atoms with E-state index in [-0.39, 0.29) is 0 Å². The van der Waals surface area contributed by atoms with Crippen molar-refractivity contribution in [1.29, 1.82) is 0 Å². The van der Waals surface area contributed by atoms with Gasteiger partial charge >= 0.3 is 0 Å². The standard InChI is InChI=1S/C54H71N/c1-6-9-21-42(19-7-2)40(4)32-33-46(20-8-3)53(39-55-54-31-18-25-47-24-13-14-29-51(47)54)52-30-16-15-28-50(52)41(5)43-34-36-45(37-35-43)49-27-17-26-48(38-49)44-22-11-10-12-23-44/h6,9-12,15-18,21-23,26,28,30-31,33-34,36,40,47-49,51,54-55H,7-8,13-14,19-20,24-25,27,29,32,35,37-39H2,1-5H3/b9-6-,42-21+,46-33+,50-41+,53-52+/t40-,47?,48?,49?,51?,54?/m1/s1. The average Bonchev–Trinajstić information content (AvgIpc) is 3.24. The van der Waals surface area contributed by atoms with Crippen LogP contribution in [0, 0.1) is 23.7 Å². The Morgan fingerprint density at radius 2 is 1.62 bits per heavy atom. The lowest BCUT2D eigenvalue weighted by molar-refractivity contribution is 0.195. The highest BCUT2D eigenvalue weighted by atomic mass is 14.9. The number of allylic oxidation sites excluding steroid dienone is 12. The zero-order valence-electron chi connectivity index (χ0n) is 35.0. The Kier molecular flexibility index (Phi) is 15.7. The van der Waals surface area contributed by atoms with E-state index < -0.39 is 0 Å². The topological polar surface area (TPSA) is 12.0 Å². The van der Waals surface area contributed by atoms with Gasteiger partial charge in [0.25, 0.3) is 0 Å². The van der Waals surface area contributed by atoms with Crippen molar-refractivity contribution >= 4 is 11.1 Å². The summed E-state index contributed by atoms with van der Waals surface area (Å²) in [6, 6.07) is 20.9. The van der Waals surface area contributed by atoms with Crippen LogP contribution < -0.4 is 15.8 Å². The van der Waals surface area contributed by atoms with Crippen LogP contribution in [-0.2, 0) is 0 Å². The maximum Gasteiger partial charge on any atom is 0.0284 e. The van der Waals surface area contributed by atoms with E-state index in [0.717, 1.165) is 44.1 Å². The van der Waals surface area contributed by atoms with Gasteiger partial charge in [0.15, 0.2) is 0 Å². The fourth-order valence-corrected chi connectivity index (χ4v) is 10.2. The maximum atomic E-state index is 4.20. The Morgan fingerprint density at radius 1 is 0.855 bits per heavy atom. The molecule has 0 amide bonds. The normalized spacial score (nSPS) is 26.3. The minimum atomic E-state index is 0.466.